The van der Waals surface area contributed by atoms with Crippen LogP contribution < -0.4 is 0 Å². The molecule has 2 aliphatic rings. The normalized spacial score (nSPS) is 49.6. The molecule has 2 aliphatic carbocycles. The Morgan fingerprint density at radius 3 is 2.77 bits per heavy atom. The van der Waals surface area contributed by atoms with Crippen LogP contribution in [0.2, 0.25) is 0 Å². The molecule has 0 aromatic carbocycles. The fourth-order valence-electron chi connectivity index (χ4n) is 3.19. The van der Waals surface area contributed by atoms with Crippen LogP contribution in [0.5, 0.6) is 0 Å². The van der Waals surface area contributed by atoms with E-state index in [2.05, 4.69) is 6.92 Å². The Morgan fingerprint density at radius 2 is 2.31 bits per heavy atom. The molecule has 0 heterocycles. The molecule has 2 rings (SSSR count). The van der Waals surface area contributed by atoms with Crippen LogP contribution in [0, 0.1) is 11.3 Å². The molecule has 2 heteroatoms. The highest BCUT2D eigenvalue weighted by Crippen LogP contribution is 2.58. The van der Waals surface area contributed by atoms with Crippen LogP contribution >= 0.6 is 11.6 Å². The molecule has 0 aliphatic heterocycles. The summed E-state index contributed by atoms with van der Waals surface area (Å²) in [5.74, 6) is 0.900. The lowest BCUT2D eigenvalue weighted by atomic mass is 9.52. The molecular weight excluding hydrogens is 184 g/mol. The van der Waals surface area contributed by atoms with Gasteiger partial charge < -0.3 is 4.74 Å². The monoisotopic (exact) mass is 202 g/mol. The lowest BCUT2D eigenvalue weighted by Crippen LogP contribution is -2.50. The number of methoxy groups -OCH3 is 1. The van der Waals surface area contributed by atoms with Crippen molar-refractivity contribution in [2.45, 2.75) is 50.5 Å². The van der Waals surface area contributed by atoms with Gasteiger partial charge in [-0.2, -0.15) is 0 Å². The van der Waals surface area contributed by atoms with Gasteiger partial charge in [0.25, 0.3) is 0 Å². The highest BCUT2D eigenvalue weighted by atomic mass is 35.5. The number of hydrogen-bond acceptors (Lipinski definition) is 1. The van der Waals surface area contributed by atoms with Crippen LogP contribution in [-0.2, 0) is 4.74 Å². The molecule has 4 unspecified atom stereocenters. The Morgan fingerprint density at radius 1 is 1.54 bits per heavy atom. The van der Waals surface area contributed by atoms with Crippen molar-refractivity contribution in [1.82, 2.24) is 0 Å². The first-order chi connectivity index (χ1) is 6.22. The van der Waals surface area contributed by atoms with Gasteiger partial charge in [-0.15, -0.1) is 11.6 Å². The van der Waals surface area contributed by atoms with Crippen LogP contribution in [0.15, 0.2) is 0 Å². The standard InChI is InChI=1S/C11H19ClO/c1-3-11-5-4-8(11)6-10(13-2)9(12)7-11/h8-10H,3-7H2,1-2H3. The molecule has 0 saturated heterocycles. The zero-order chi connectivity index (χ0) is 9.47. The highest BCUT2D eigenvalue weighted by molar-refractivity contribution is 6.21. The van der Waals surface area contributed by atoms with Gasteiger partial charge in [0.15, 0.2) is 0 Å². The zero-order valence-corrected chi connectivity index (χ0v) is 9.31. The molecule has 2 saturated carbocycles. The first kappa shape index (κ1) is 9.79. The highest BCUT2D eigenvalue weighted by Gasteiger charge is 2.51. The van der Waals surface area contributed by atoms with Crippen molar-refractivity contribution in [3.8, 4) is 0 Å². The van der Waals surface area contributed by atoms with E-state index in [0.717, 1.165) is 5.92 Å². The lowest BCUT2D eigenvalue weighted by Gasteiger charge is -2.55. The summed E-state index contributed by atoms with van der Waals surface area (Å²) in [7, 11) is 1.79. The third-order valence-electron chi connectivity index (χ3n) is 4.39. The summed E-state index contributed by atoms with van der Waals surface area (Å²) in [6.45, 7) is 2.31. The zero-order valence-electron chi connectivity index (χ0n) is 8.55. The maximum atomic E-state index is 6.32. The molecule has 0 aromatic rings. The van der Waals surface area contributed by atoms with Gasteiger partial charge in [0, 0.05) is 7.11 Å². The number of halogens is 1. The number of hydrogen-bond donors (Lipinski definition) is 0. The van der Waals surface area contributed by atoms with Gasteiger partial charge in [0.1, 0.15) is 0 Å². The molecule has 0 amide bonds. The van der Waals surface area contributed by atoms with Crippen molar-refractivity contribution in [3.05, 3.63) is 0 Å². The lowest BCUT2D eigenvalue weighted by molar-refractivity contribution is -0.0743. The maximum absolute atomic E-state index is 6.32. The average Bonchev–Trinajstić information content (AvgIpc) is 2.11. The van der Waals surface area contributed by atoms with Crippen molar-refractivity contribution < 1.29 is 4.74 Å². The Kier molecular flexibility index (Phi) is 2.59. The van der Waals surface area contributed by atoms with Crippen LogP contribution in [0.1, 0.15) is 39.0 Å². The molecule has 13 heavy (non-hydrogen) atoms. The summed E-state index contributed by atoms with van der Waals surface area (Å²) in [5, 5.41) is 0.251. The molecule has 1 nitrogen and oxygen atoms in total. The molecule has 0 aromatic heterocycles. The van der Waals surface area contributed by atoms with E-state index in [1.807, 2.05) is 0 Å². The summed E-state index contributed by atoms with van der Waals surface area (Å²) >= 11 is 6.32. The fourth-order valence-corrected chi connectivity index (χ4v) is 3.71. The van der Waals surface area contributed by atoms with Crippen molar-refractivity contribution in [2.24, 2.45) is 11.3 Å². The number of rotatable bonds is 2. The first-order valence-electron chi connectivity index (χ1n) is 5.38. The molecule has 2 fully saturated rings. The van der Waals surface area contributed by atoms with E-state index in [4.69, 9.17) is 16.3 Å². The van der Waals surface area contributed by atoms with Crippen molar-refractivity contribution in [3.63, 3.8) is 0 Å². The molecule has 76 valence electrons. The Balaban J connectivity index is 2.05. The molecule has 0 radical (unpaired) electrons. The second-order valence-electron chi connectivity index (χ2n) is 4.68. The predicted octanol–water partition coefficient (Wildman–Crippen LogP) is 3.21. The molecule has 4 atom stereocenters. The van der Waals surface area contributed by atoms with E-state index in [1.165, 1.54) is 32.1 Å². The van der Waals surface area contributed by atoms with Crippen molar-refractivity contribution in [1.29, 1.82) is 0 Å². The topological polar surface area (TPSA) is 9.23 Å². The van der Waals surface area contributed by atoms with E-state index in [9.17, 15) is 0 Å². The summed E-state index contributed by atoms with van der Waals surface area (Å²) < 4.78 is 5.41. The molecule has 0 spiro atoms. The van der Waals surface area contributed by atoms with Gasteiger partial charge >= 0.3 is 0 Å². The van der Waals surface area contributed by atoms with Crippen LogP contribution in [0.3, 0.4) is 0 Å². The second-order valence-corrected chi connectivity index (χ2v) is 5.24. The maximum Gasteiger partial charge on any atom is 0.0737 e. The molecule has 0 N–H and O–H groups in total. The number of alkyl halides is 1. The van der Waals surface area contributed by atoms with Gasteiger partial charge in [-0.1, -0.05) is 13.3 Å². The predicted molar refractivity (Wildman–Crippen MR) is 55.1 cm³/mol. The SMILES string of the molecule is CCC12CCC1CC(OC)C(Cl)C2. The second kappa shape index (κ2) is 3.43. The molecular formula is C11H19ClO. The van der Waals surface area contributed by atoms with Crippen molar-refractivity contribution in [2.75, 3.05) is 7.11 Å². The smallest absolute Gasteiger partial charge is 0.0737 e. The van der Waals surface area contributed by atoms with E-state index in [1.54, 1.807) is 7.11 Å². The Bertz CT molecular complexity index is 191. The van der Waals surface area contributed by atoms with Crippen LogP contribution in [0.4, 0.5) is 0 Å². The quantitative estimate of drug-likeness (QED) is 0.625. The van der Waals surface area contributed by atoms with E-state index >= 15 is 0 Å². The minimum atomic E-state index is 0.251. The van der Waals surface area contributed by atoms with Gasteiger partial charge in [-0.05, 0) is 37.0 Å². The van der Waals surface area contributed by atoms with Gasteiger partial charge in [-0.3, -0.25) is 0 Å². The van der Waals surface area contributed by atoms with Crippen molar-refractivity contribution >= 4 is 11.6 Å². The average molecular weight is 203 g/mol. The van der Waals surface area contributed by atoms with Gasteiger partial charge in [0.2, 0.25) is 0 Å². The summed E-state index contributed by atoms with van der Waals surface area (Å²) in [4.78, 5) is 0. The van der Waals surface area contributed by atoms with Crippen LogP contribution in [-0.4, -0.2) is 18.6 Å². The van der Waals surface area contributed by atoms with E-state index < -0.39 is 0 Å². The Hall–Kier alpha value is 0.250. The third-order valence-corrected chi connectivity index (χ3v) is 4.82. The number of ether oxygens (including phenoxy) is 1. The Labute approximate surface area is 85.8 Å². The summed E-state index contributed by atoms with van der Waals surface area (Å²) in [6, 6.07) is 0. The minimum absolute atomic E-state index is 0.251. The third kappa shape index (κ3) is 1.41. The minimum Gasteiger partial charge on any atom is -0.380 e. The van der Waals surface area contributed by atoms with Gasteiger partial charge in [0.05, 0.1) is 11.5 Å². The summed E-state index contributed by atoms with van der Waals surface area (Å²) in [5.41, 5.74) is 0.599. The molecule has 0 bridgehead atoms. The van der Waals surface area contributed by atoms with Gasteiger partial charge in [-0.25, -0.2) is 0 Å². The van der Waals surface area contributed by atoms with E-state index in [0.29, 0.717) is 11.5 Å². The number of fused-ring (bicyclic) bond motifs is 1. The van der Waals surface area contributed by atoms with E-state index in [-0.39, 0.29) is 5.38 Å². The van der Waals surface area contributed by atoms with Crippen LogP contribution in [0.25, 0.3) is 0 Å². The summed E-state index contributed by atoms with van der Waals surface area (Å²) in [6.07, 6.45) is 6.78. The first-order valence-corrected chi connectivity index (χ1v) is 5.82. The fraction of sp³-hybridized carbons (Fsp3) is 1.00. The largest absolute Gasteiger partial charge is 0.380 e.